The zero-order valence-electron chi connectivity index (χ0n) is 10.2. The van der Waals surface area contributed by atoms with Gasteiger partial charge in [0.15, 0.2) is 0 Å². The predicted octanol–water partition coefficient (Wildman–Crippen LogP) is -0.323. The van der Waals surface area contributed by atoms with Gasteiger partial charge in [-0.2, -0.15) is 0 Å². The van der Waals surface area contributed by atoms with Crippen molar-refractivity contribution in [1.82, 2.24) is 10.2 Å². The minimum atomic E-state index is -0.540. The summed E-state index contributed by atoms with van der Waals surface area (Å²) in [5.74, 6) is -1.04. The van der Waals surface area contributed by atoms with Gasteiger partial charge in [0.25, 0.3) is 0 Å². The Hall–Kier alpha value is -1.43. The van der Waals surface area contributed by atoms with E-state index >= 15 is 0 Å². The molecule has 1 N–H and O–H groups in total. The molecular weight excluding hydrogens is 224 g/mol. The lowest BCUT2D eigenvalue weighted by molar-refractivity contribution is -0.150. The number of nitrogens with one attached hydrogen (secondary N) is 1. The van der Waals surface area contributed by atoms with Gasteiger partial charge in [0.2, 0.25) is 17.7 Å². The highest BCUT2D eigenvalue weighted by atomic mass is 16.5. The lowest BCUT2D eigenvalue weighted by atomic mass is 10.1. The van der Waals surface area contributed by atoms with Gasteiger partial charge in [0.05, 0.1) is 13.0 Å². The number of imide groups is 1. The molecule has 6 heteroatoms. The normalized spacial score (nSPS) is 20.4. The molecule has 0 saturated carbocycles. The Morgan fingerprint density at radius 3 is 2.76 bits per heavy atom. The number of piperazine rings is 1. The molecule has 0 aromatic carbocycles. The highest BCUT2D eigenvalue weighted by Gasteiger charge is 2.34. The highest BCUT2D eigenvalue weighted by molar-refractivity contribution is 6.04. The fourth-order valence-electron chi connectivity index (χ4n) is 1.78. The molecule has 0 spiro atoms. The van der Waals surface area contributed by atoms with Crippen LogP contribution in [0.2, 0.25) is 0 Å². The van der Waals surface area contributed by atoms with Gasteiger partial charge in [-0.25, -0.2) is 0 Å². The van der Waals surface area contributed by atoms with Gasteiger partial charge in [-0.3, -0.25) is 19.7 Å². The topological polar surface area (TPSA) is 75.7 Å². The molecule has 96 valence electrons. The average Bonchev–Trinajstić information content (AvgIpc) is 2.28. The molecule has 1 aliphatic heterocycles. The Labute approximate surface area is 100 Å². The first-order valence-corrected chi connectivity index (χ1v) is 5.81. The fraction of sp³-hybridized carbons (Fsp3) is 0.727. The quantitative estimate of drug-likeness (QED) is 0.529. The van der Waals surface area contributed by atoms with Crippen LogP contribution in [-0.4, -0.2) is 48.4 Å². The molecule has 0 aromatic rings. The van der Waals surface area contributed by atoms with E-state index in [0.717, 1.165) is 0 Å². The first-order valence-electron chi connectivity index (χ1n) is 5.81. The van der Waals surface area contributed by atoms with E-state index in [9.17, 15) is 14.4 Å². The van der Waals surface area contributed by atoms with Crippen molar-refractivity contribution in [2.24, 2.45) is 0 Å². The number of hydrogen-bond donors (Lipinski definition) is 1. The lowest BCUT2D eigenvalue weighted by Crippen LogP contribution is -2.59. The molecule has 6 nitrogen and oxygen atoms in total. The number of ether oxygens (including phenoxy) is 1. The van der Waals surface area contributed by atoms with Gasteiger partial charge in [-0.1, -0.05) is 6.92 Å². The Bertz CT molecular complexity index is 317. The van der Waals surface area contributed by atoms with Crippen molar-refractivity contribution in [1.29, 1.82) is 0 Å². The largest absolute Gasteiger partial charge is 0.381 e. The van der Waals surface area contributed by atoms with E-state index < -0.39 is 17.9 Å². The number of carbonyl (C=O) groups is 3. The molecule has 17 heavy (non-hydrogen) atoms. The maximum Gasteiger partial charge on any atom is 0.249 e. The van der Waals surface area contributed by atoms with Crippen molar-refractivity contribution < 1.29 is 19.1 Å². The van der Waals surface area contributed by atoms with Gasteiger partial charge in [0, 0.05) is 6.61 Å². The van der Waals surface area contributed by atoms with E-state index in [2.05, 4.69) is 5.32 Å². The van der Waals surface area contributed by atoms with E-state index in [1.54, 1.807) is 0 Å². The Balaban J connectivity index is 2.61. The summed E-state index contributed by atoms with van der Waals surface area (Å²) < 4.78 is 5.08. The van der Waals surface area contributed by atoms with Crippen molar-refractivity contribution in [3.8, 4) is 0 Å². The van der Waals surface area contributed by atoms with Gasteiger partial charge in [-0.15, -0.1) is 0 Å². The highest BCUT2D eigenvalue weighted by Crippen LogP contribution is 2.10. The zero-order valence-corrected chi connectivity index (χ0v) is 10.2. The molecule has 1 unspecified atom stereocenters. The minimum Gasteiger partial charge on any atom is -0.381 e. The summed E-state index contributed by atoms with van der Waals surface area (Å²) in [6.45, 7) is 4.47. The second-order valence-corrected chi connectivity index (χ2v) is 3.81. The maximum atomic E-state index is 11.8. The van der Waals surface area contributed by atoms with E-state index in [0.29, 0.717) is 19.6 Å². The van der Waals surface area contributed by atoms with Crippen LogP contribution in [0.5, 0.6) is 0 Å². The van der Waals surface area contributed by atoms with E-state index in [-0.39, 0.29) is 18.9 Å². The van der Waals surface area contributed by atoms with Crippen molar-refractivity contribution in [3.63, 3.8) is 0 Å². The number of hydrogen-bond acceptors (Lipinski definition) is 4. The predicted molar refractivity (Wildman–Crippen MR) is 60.1 cm³/mol. The fourth-order valence-corrected chi connectivity index (χ4v) is 1.78. The summed E-state index contributed by atoms with van der Waals surface area (Å²) >= 11 is 0. The summed E-state index contributed by atoms with van der Waals surface area (Å²) in [5.41, 5.74) is 0. The van der Waals surface area contributed by atoms with Crippen LogP contribution in [0.4, 0.5) is 0 Å². The van der Waals surface area contributed by atoms with E-state index in [1.807, 2.05) is 13.8 Å². The summed E-state index contributed by atoms with van der Waals surface area (Å²) in [6.07, 6.45) is 0.699. The summed E-state index contributed by atoms with van der Waals surface area (Å²) in [6, 6.07) is -0.540. The lowest BCUT2D eigenvalue weighted by Gasteiger charge is -2.33. The minimum absolute atomic E-state index is 0.0464. The molecule has 0 radical (unpaired) electrons. The van der Waals surface area contributed by atoms with Crippen LogP contribution in [0, 0.1) is 0 Å². The molecular formula is C11H18N2O4. The standard InChI is InChI=1S/C11H18N2O4/c1-3-8-11(16)12-9(14)7-13(8)10(15)5-6-17-4-2/h8H,3-7H2,1-2H3,(H,12,14,16). The van der Waals surface area contributed by atoms with E-state index in [4.69, 9.17) is 4.74 Å². The number of rotatable bonds is 5. The zero-order chi connectivity index (χ0) is 12.8. The van der Waals surface area contributed by atoms with Crippen molar-refractivity contribution >= 4 is 17.7 Å². The van der Waals surface area contributed by atoms with Crippen LogP contribution in [0.1, 0.15) is 26.7 Å². The van der Waals surface area contributed by atoms with Crippen molar-refractivity contribution in [2.45, 2.75) is 32.7 Å². The van der Waals surface area contributed by atoms with Gasteiger partial charge >= 0.3 is 0 Å². The second kappa shape index (κ2) is 6.34. The molecule has 0 bridgehead atoms. The molecule has 1 rings (SSSR count). The van der Waals surface area contributed by atoms with Crippen molar-refractivity contribution in [2.75, 3.05) is 19.8 Å². The third kappa shape index (κ3) is 3.52. The Kier molecular flexibility index (Phi) is 5.09. The molecule has 1 saturated heterocycles. The third-order valence-electron chi connectivity index (χ3n) is 2.63. The molecule has 1 atom stereocenters. The SMILES string of the molecule is CCOCCC(=O)N1CC(=O)NC(=O)C1CC. The van der Waals surface area contributed by atoms with Crippen LogP contribution in [-0.2, 0) is 19.1 Å². The van der Waals surface area contributed by atoms with Crippen LogP contribution >= 0.6 is 0 Å². The molecule has 1 aliphatic rings. The average molecular weight is 242 g/mol. The Morgan fingerprint density at radius 1 is 1.47 bits per heavy atom. The van der Waals surface area contributed by atoms with Crippen LogP contribution < -0.4 is 5.32 Å². The van der Waals surface area contributed by atoms with Gasteiger partial charge in [-0.05, 0) is 13.3 Å². The number of nitrogens with zero attached hydrogens (tertiary/aromatic N) is 1. The van der Waals surface area contributed by atoms with E-state index in [1.165, 1.54) is 4.90 Å². The molecule has 0 aliphatic carbocycles. The van der Waals surface area contributed by atoms with Crippen LogP contribution in [0.3, 0.4) is 0 Å². The molecule has 1 fully saturated rings. The molecule has 0 aromatic heterocycles. The van der Waals surface area contributed by atoms with Crippen molar-refractivity contribution in [3.05, 3.63) is 0 Å². The molecule has 1 heterocycles. The monoisotopic (exact) mass is 242 g/mol. The summed E-state index contributed by atoms with van der Waals surface area (Å²) in [5, 5.41) is 2.23. The van der Waals surface area contributed by atoms with Gasteiger partial charge < -0.3 is 9.64 Å². The summed E-state index contributed by atoms with van der Waals surface area (Å²) in [7, 11) is 0. The maximum absolute atomic E-state index is 11.8. The first kappa shape index (κ1) is 13.6. The Morgan fingerprint density at radius 2 is 2.18 bits per heavy atom. The number of carbonyl (C=O) groups excluding carboxylic acids is 3. The summed E-state index contributed by atoms with van der Waals surface area (Å²) in [4.78, 5) is 35.9. The first-order chi connectivity index (χ1) is 8.10. The van der Waals surface area contributed by atoms with Crippen LogP contribution in [0.15, 0.2) is 0 Å². The molecule has 3 amide bonds. The van der Waals surface area contributed by atoms with Crippen LogP contribution in [0.25, 0.3) is 0 Å². The number of amides is 3. The smallest absolute Gasteiger partial charge is 0.249 e. The second-order valence-electron chi connectivity index (χ2n) is 3.81. The van der Waals surface area contributed by atoms with Gasteiger partial charge in [0.1, 0.15) is 12.6 Å². The third-order valence-corrected chi connectivity index (χ3v) is 2.63.